The van der Waals surface area contributed by atoms with Crippen molar-refractivity contribution < 1.29 is 4.74 Å². The molecule has 0 atom stereocenters. The topological polar surface area (TPSA) is 25.4 Å². The zero-order valence-corrected chi connectivity index (χ0v) is 11.1. The number of hydrogen-bond acceptors (Lipinski definition) is 4. The maximum Gasteiger partial charge on any atom is 0.0981 e. The van der Waals surface area contributed by atoms with Gasteiger partial charge in [0.15, 0.2) is 0 Å². The van der Waals surface area contributed by atoms with Crippen molar-refractivity contribution >= 4 is 11.3 Å². The van der Waals surface area contributed by atoms with E-state index in [4.69, 9.17) is 4.74 Å². The zero-order chi connectivity index (χ0) is 11.6. The molecule has 4 heteroatoms. The lowest BCUT2D eigenvalue weighted by molar-refractivity contribution is 0.0346. The summed E-state index contributed by atoms with van der Waals surface area (Å²) < 4.78 is 5.34. The highest BCUT2D eigenvalue weighted by Crippen LogP contribution is 2.27. The van der Waals surface area contributed by atoms with Crippen LogP contribution >= 0.6 is 11.3 Å². The van der Waals surface area contributed by atoms with Crippen molar-refractivity contribution in [1.82, 2.24) is 9.88 Å². The van der Waals surface area contributed by atoms with Gasteiger partial charge in [-0.3, -0.25) is 4.90 Å². The molecule has 1 fully saturated rings. The molecule has 0 bridgehead atoms. The van der Waals surface area contributed by atoms with Gasteiger partial charge in [-0.2, -0.15) is 0 Å². The van der Waals surface area contributed by atoms with E-state index in [0.717, 1.165) is 32.8 Å². The Labute approximate surface area is 101 Å². The Balaban J connectivity index is 1.97. The number of hydrogen-bond donors (Lipinski definition) is 0. The highest BCUT2D eigenvalue weighted by atomic mass is 32.1. The third kappa shape index (κ3) is 3.03. The normalized spacial score (nSPS) is 18.9. The Morgan fingerprint density at radius 1 is 1.38 bits per heavy atom. The number of nitrogens with zero attached hydrogens (tertiary/aromatic N) is 2. The summed E-state index contributed by atoms with van der Waals surface area (Å²) in [7, 11) is 0. The van der Waals surface area contributed by atoms with Crippen molar-refractivity contribution in [3.8, 4) is 0 Å². The van der Waals surface area contributed by atoms with Crippen molar-refractivity contribution in [3.05, 3.63) is 16.1 Å². The predicted molar refractivity (Wildman–Crippen MR) is 66.9 cm³/mol. The Morgan fingerprint density at radius 3 is 2.62 bits per heavy atom. The first-order chi connectivity index (χ1) is 7.55. The molecule has 1 aromatic heterocycles. The van der Waals surface area contributed by atoms with Crippen LogP contribution < -0.4 is 0 Å². The van der Waals surface area contributed by atoms with E-state index >= 15 is 0 Å². The first kappa shape index (κ1) is 12.0. The number of rotatable bonds is 2. The second kappa shape index (κ2) is 4.82. The molecule has 2 rings (SSSR count). The van der Waals surface area contributed by atoms with Gasteiger partial charge in [0.1, 0.15) is 0 Å². The molecule has 0 aliphatic carbocycles. The lowest BCUT2D eigenvalue weighted by atomic mass is 9.98. The van der Waals surface area contributed by atoms with Crippen LogP contribution in [0.15, 0.2) is 6.20 Å². The van der Waals surface area contributed by atoms with Crippen LogP contribution in [0.3, 0.4) is 0 Å². The van der Waals surface area contributed by atoms with E-state index in [1.807, 2.05) is 17.5 Å². The number of aromatic nitrogens is 1. The van der Waals surface area contributed by atoms with Gasteiger partial charge in [-0.15, -0.1) is 11.3 Å². The summed E-state index contributed by atoms with van der Waals surface area (Å²) in [5.41, 5.74) is 0.175. The van der Waals surface area contributed by atoms with Gasteiger partial charge in [-0.05, 0) is 0 Å². The SMILES string of the molecule is CC(C)(C)c1ncc(CN2CCOCC2)s1. The van der Waals surface area contributed by atoms with Gasteiger partial charge in [-0.1, -0.05) is 20.8 Å². The van der Waals surface area contributed by atoms with Crippen LogP contribution in [0.2, 0.25) is 0 Å². The van der Waals surface area contributed by atoms with Gasteiger partial charge in [0, 0.05) is 36.1 Å². The molecular weight excluding hydrogens is 220 g/mol. The summed E-state index contributed by atoms with van der Waals surface area (Å²) >= 11 is 1.84. The number of ether oxygens (including phenoxy) is 1. The lowest BCUT2D eigenvalue weighted by Crippen LogP contribution is -2.35. The molecule has 0 unspecified atom stereocenters. The average Bonchev–Trinajstić information content (AvgIpc) is 2.67. The van der Waals surface area contributed by atoms with E-state index in [0.29, 0.717) is 0 Å². The molecule has 1 saturated heterocycles. The molecule has 1 aromatic rings. The van der Waals surface area contributed by atoms with Crippen molar-refractivity contribution in [3.63, 3.8) is 0 Å². The lowest BCUT2D eigenvalue weighted by Gasteiger charge is -2.25. The first-order valence-electron chi connectivity index (χ1n) is 5.81. The quantitative estimate of drug-likeness (QED) is 0.793. The van der Waals surface area contributed by atoms with Crippen molar-refractivity contribution in [2.75, 3.05) is 26.3 Å². The van der Waals surface area contributed by atoms with Gasteiger partial charge in [0.2, 0.25) is 0 Å². The highest BCUT2D eigenvalue weighted by Gasteiger charge is 2.19. The minimum Gasteiger partial charge on any atom is -0.379 e. The maximum atomic E-state index is 5.34. The summed E-state index contributed by atoms with van der Waals surface area (Å²) in [5, 5.41) is 1.23. The molecule has 3 nitrogen and oxygen atoms in total. The van der Waals surface area contributed by atoms with Crippen LogP contribution in [-0.4, -0.2) is 36.2 Å². The standard InChI is InChI=1S/C12H20N2OS/c1-12(2,3)11-13-8-10(16-11)9-14-4-6-15-7-5-14/h8H,4-7,9H2,1-3H3. The molecule has 1 aliphatic rings. The zero-order valence-electron chi connectivity index (χ0n) is 10.3. The maximum absolute atomic E-state index is 5.34. The minimum absolute atomic E-state index is 0.175. The van der Waals surface area contributed by atoms with Crippen LogP contribution in [0.1, 0.15) is 30.7 Å². The molecule has 16 heavy (non-hydrogen) atoms. The monoisotopic (exact) mass is 240 g/mol. The molecule has 0 N–H and O–H groups in total. The minimum atomic E-state index is 0.175. The Morgan fingerprint density at radius 2 is 2.06 bits per heavy atom. The highest BCUT2D eigenvalue weighted by molar-refractivity contribution is 7.11. The molecule has 90 valence electrons. The van der Waals surface area contributed by atoms with Gasteiger partial charge in [-0.25, -0.2) is 4.98 Å². The van der Waals surface area contributed by atoms with Crippen LogP contribution in [0.4, 0.5) is 0 Å². The fourth-order valence-electron chi connectivity index (χ4n) is 1.71. The van der Waals surface area contributed by atoms with E-state index in [9.17, 15) is 0 Å². The Hall–Kier alpha value is -0.450. The van der Waals surface area contributed by atoms with Gasteiger partial charge in [0.25, 0.3) is 0 Å². The second-order valence-corrected chi connectivity index (χ2v) is 6.39. The summed E-state index contributed by atoms with van der Waals surface area (Å²) in [6.07, 6.45) is 2.03. The molecule has 0 amide bonds. The predicted octanol–water partition coefficient (Wildman–Crippen LogP) is 2.27. The van der Waals surface area contributed by atoms with Gasteiger partial charge < -0.3 is 4.74 Å². The Kier molecular flexibility index (Phi) is 3.62. The third-order valence-corrected chi connectivity index (χ3v) is 4.09. The largest absolute Gasteiger partial charge is 0.379 e. The third-order valence-electron chi connectivity index (χ3n) is 2.68. The molecule has 0 radical (unpaired) electrons. The van der Waals surface area contributed by atoms with Crippen molar-refractivity contribution in [2.24, 2.45) is 0 Å². The fraction of sp³-hybridized carbons (Fsp3) is 0.750. The summed E-state index contributed by atoms with van der Waals surface area (Å²) in [4.78, 5) is 8.31. The average molecular weight is 240 g/mol. The molecule has 1 aliphatic heterocycles. The summed E-state index contributed by atoms with van der Waals surface area (Å²) in [6.45, 7) is 11.5. The van der Waals surface area contributed by atoms with Crippen LogP contribution in [-0.2, 0) is 16.7 Å². The van der Waals surface area contributed by atoms with Crippen LogP contribution in [0.5, 0.6) is 0 Å². The van der Waals surface area contributed by atoms with Crippen LogP contribution in [0, 0.1) is 0 Å². The number of morpholine rings is 1. The molecule has 0 saturated carbocycles. The Bertz CT molecular complexity index is 337. The molecule has 2 heterocycles. The van der Waals surface area contributed by atoms with Crippen molar-refractivity contribution in [2.45, 2.75) is 32.7 Å². The van der Waals surface area contributed by atoms with Crippen molar-refractivity contribution in [1.29, 1.82) is 0 Å². The summed E-state index contributed by atoms with van der Waals surface area (Å²) in [6, 6.07) is 0. The van der Waals surface area contributed by atoms with Crippen LogP contribution in [0.25, 0.3) is 0 Å². The smallest absolute Gasteiger partial charge is 0.0981 e. The van der Waals surface area contributed by atoms with Gasteiger partial charge in [0.05, 0.1) is 18.2 Å². The summed E-state index contributed by atoms with van der Waals surface area (Å²) in [5.74, 6) is 0. The van der Waals surface area contributed by atoms with E-state index in [-0.39, 0.29) is 5.41 Å². The van der Waals surface area contributed by atoms with E-state index in [1.54, 1.807) is 0 Å². The second-order valence-electron chi connectivity index (χ2n) is 5.27. The first-order valence-corrected chi connectivity index (χ1v) is 6.62. The number of thiazole rings is 1. The van der Waals surface area contributed by atoms with Gasteiger partial charge >= 0.3 is 0 Å². The fourth-order valence-corrected chi connectivity index (χ4v) is 2.72. The van der Waals surface area contributed by atoms with E-state index < -0.39 is 0 Å². The molecular formula is C12H20N2OS. The molecule has 0 aromatic carbocycles. The van der Waals surface area contributed by atoms with E-state index in [2.05, 4.69) is 30.7 Å². The molecule has 0 spiro atoms. The van der Waals surface area contributed by atoms with E-state index in [1.165, 1.54) is 9.88 Å².